The Labute approximate surface area is 357 Å². The summed E-state index contributed by atoms with van der Waals surface area (Å²) in [6, 6.07) is 82.0. The van der Waals surface area contributed by atoms with Gasteiger partial charge in [0.05, 0.1) is 0 Å². The van der Waals surface area contributed by atoms with Gasteiger partial charge >= 0.3 is 0 Å². The lowest BCUT2D eigenvalue weighted by atomic mass is 9.80. The zero-order valence-corrected chi connectivity index (χ0v) is 33.8. The lowest BCUT2D eigenvalue weighted by molar-refractivity contribution is 1.72. The van der Waals surface area contributed by atoms with E-state index in [-0.39, 0.29) is 0 Å². The van der Waals surface area contributed by atoms with E-state index in [9.17, 15) is 0 Å². The van der Waals surface area contributed by atoms with Crippen molar-refractivity contribution in [3.8, 4) is 22.3 Å². The Morgan fingerprint density at radius 3 is 0.935 bits per heavy atom. The van der Waals surface area contributed by atoms with Crippen LogP contribution in [0.4, 0.5) is 0 Å². The van der Waals surface area contributed by atoms with Crippen molar-refractivity contribution in [1.29, 1.82) is 0 Å². The second-order valence-corrected chi connectivity index (χ2v) is 17.0. The molecule has 0 aliphatic rings. The Morgan fingerprint density at radius 1 is 0.161 bits per heavy atom. The zero-order valence-electron chi connectivity index (χ0n) is 33.8. The third-order valence-corrected chi connectivity index (χ3v) is 13.9. The topological polar surface area (TPSA) is 0 Å². The summed E-state index contributed by atoms with van der Waals surface area (Å²) in [7, 11) is 0. The Bertz CT molecular complexity index is 4260. The van der Waals surface area contributed by atoms with Crippen molar-refractivity contribution in [2.45, 2.75) is 0 Å². The summed E-state index contributed by atoms with van der Waals surface area (Å²) in [6.07, 6.45) is 0. The molecule has 0 radical (unpaired) electrons. The monoisotopic (exact) mass is 780 g/mol. The molecule has 0 N–H and O–H groups in total. The Kier molecular flexibility index (Phi) is 6.92. The van der Waals surface area contributed by atoms with Crippen LogP contribution >= 0.6 is 0 Å². The molecule has 0 spiro atoms. The van der Waals surface area contributed by atoms with Crippen molar-refractivity contribution in [2.75, 3.05) is 0 Å². The van der Waals surface area contributed by atoms with Crippen molar-refractivity contribution in [3.63, 3.8) is 0 Å². The number of rotatable bonds is 2. The maximum atomic E-state index is 2.53. The highest BCUT2D eigenvalue weighted by Crippen LogP contribution is 2.52. The molecule has 0 bridgehead atoms. The van der Waals surface area contributed by atoms with Gasteiger partial charge in [0.1, 0.15) is 0 Å². The Hall–Kier alpha value is -8.06. The van der Waals surface area contributed by atoms with Gasteiger partial charge in [0.25, 0.3) is 0 Å². The predicted molar refractivity (Wildman–Crippen MR) is 270 cm³/mol. The van der Waals surface area contributed by atoms with Gasteiger partial charge in [-0.1, -0.05) is 206 Å². The van der Waals surface area contributed by atoms with Crippen LogP contribution in [0.1, 0.15) is 0 Å². The predicted octanol–water partition coefficient (Wildman–Crippen LogP) is 17.7. The fourth-order valence-corrected chi connectivity index (χ4v) is 11.5. The molecule has 14 rings (SSSR count). The third-order valence-electron chi connectivity index (χ3n) is 13.9. The molecule has 0 aliphatic carbocycles. The summed E-state index contributed by atoms with van der Waals surface area (Å²) in [6.45, 7) is 0. The standard InChI is InChI=1S/C62H36/c1-2-18-38-37(17-1)33-34-53-60(56-35-54-43-23-5-3-19-39(43)41-21-7-11-27-47(41)58(54)49-29-13-9-25-45(49)56)51-31-15-16-32-52(51)62(61(38)53)57-36-55-44-24-6-4-20-40(44)42-22-8-12-28-48(42)59(55)50-30-14-10-26-46(50)57/h1-36H. The Balaban J connectivity index is 1.21. The summed E-state index contributed by atoms with van der Waals surface area (Å²) in [5.41, 5.74) is 5.09. The van der Waals surface area contributed by atoms with E-state index >= 15 is 0 Å². The van der Waals surface area contributed by atoms with E-state index in [4.69, 9.17) is 0 Å². The molecule has 0 unspecified atom stereocenters. The van der Waals surface area contributed by atoms with Crippen molar-refractivity contribution >= 4 is 118 Å². The first-order valence-corrected chi connectivity index (χ1v) is 21.7. The highest BCUT2D eigenvalue weighted by molar-refractivity contribution is 6.38. The normalized spacial score (nSPS) is 12.2. The Morgan fingerprint density at radius 2 is 0.468 bits per heavy atom. The van der Waals surface area contributed by atoms with E-state index in [1.54, 1.807) is 0 Å². The van der Waals surface area contributed by atoms with Gasteiger partial charge in [-0.25, -0.2) is 0 Å². The third kappa shape index (κ3) is 4.51. The van der Waals surface area contributed by atoms with E-state index in [0.29, 0.717) is 0 Å². The van der Waals surface area contributed by atoms with E-state index in [1.807, 2.05) is 0 Å². The molecule has 0 aromatic heterocycles. The van der Waals surface area contributed by atoms with Crippen molar-refractivity contribution in [1.82, 2.24) is 0 Å². The van der Waals surface area contributed by atoms with Gasteiger partial charge in [-0.3, -0.25) is 0 Å². The molecule has 0 heterocycles. The van der Waals surface area contributed by atoms with Crippen LogP contribution in [0.15, 0.2) is 218 Å². The first-order valence-electron chi connectivity index (χ1n) is 21.7. The molecule has 0 atom stereocenters. The molecule has 14 aromatic rings. The van der Waals surface area contributed by atoms with E-state index in [0.717, 1.165) is 0 Å². The van der Waals surface area contributed by atoms with Gasteiger partial charge < -0.3 is 0 Å². The highest BCUT2D eigenvalue weighted by Gasteiger charge is 2.24. The lowest BCUT2D eigenvalue weighted by Crippen LogP contribution is -1.95. The van der Waals surface area contributed by atoms with Crippen LogP contribution in [-0.2, 0) is 0 Å². The minimum Gasteiger partial charge on any atom is -0.0616 e. The maximum Gasteiger partial charge on any atom is -0.00137 e. The van der Waals surface area contributed by atoms with Crippen LogP contribution in [0.5, 0.6) is 0 Å². The smallest absolute Gasteiger partial charge is 0.00137 e. The molecule has 0 heteroatoms. The molecule has 62 heavy (non-hydrogen) atoms. The van der Waals surface area contributed by atoms with Gasteiger partial charge in [-0.15, -0.1) is 0 Å². The van der Waals surface area contributed by atoms with Crippen LogP contribution < -0.4 is 0 Å². The lowest BCUT2D eigenvalue weighted by Gasteiger charge is -2.23. The molecule has 0 amide bonds. The second kappa shape index (κ2) is 12.7. The van der Waals surface area contributed by atoms with Gasteiger partial charge in [-0.05, 0) is 153 Å². The summed E-state index contributed by atoms with van der Waals surface area (Å²) in [5, 5.41) is 28.2. The molecular formula is C62H36. The fourth-order valence-electron chi connectivity index (χ4n) is 11.5. The molecule has 0 fully saturated rings. The first-order chi connectivity index (χ1) is 30.8. The first kappa shape index (κ1) is 33.7. The van der Waals surface area contributed by atoms with E-state index in [1.165, 1.54) is 141 Å². The van der Waals surface area contributed by atoms with Gasteiger partial charge in [0, 0.05) is 0 Å². The van der Waals surface area contributed by atoms with Crippen LogP contribution in [0.3, 0.4) is 0 Å². The minimum absolute atomic E-state index is 1.24. The molecule has 284 valence electrons. The second-order valence-electron chi connectivity index (χ2n) is 17.0. The maximum absolute atomic E-state index is 2.53. The highest BCUT2D eigenvalue weighted by atomic mass is 14.3. The number of benzene rings is 14. The summed E-state index contributed by atoms with van der Waals surface area (Å²) in [5.74, 6) is 0. The molecule has 0 saturated heterocycles. The number of hydrogen-bond acceptors (Lipinski definition) is 0. The van der Waals surface area contributed by atoms with Crippen LogP contribution in [0.2, 0.25) is 0 Å². The van der Waals surface area contributed by atoms with Gasteiger partial charge in [0.15, 0.2) is 0 Å². The summed E-state index contributed by atoms with van der Waals surface area (Å²) >= 11 is 0. The van der Waals surface area contributed by atoms with Gasteiger partial charge in [-0.2, -0.15) is 0 Å². The average Bonchev–Trinajstić information content (AvgIpc) is 3.35. The number of hydrogen-bond donors (Lipinski definition) is 0. The molecule has 14 aromatic carbocycles. The average molecular weight is 781 g/mol. The van der Waals surface area contributed by atoms with Crippen LogP contribution in [-0.4, -0.2) is 0 Å². The molecule has 0 saturated carbocycles. The quantitative estimate of drug-likeness (QED) is 0.121. The summed E-state index contributed by atoms with van der Waals surface area (Å²) < 4.78 is 0. The number of fused-ring (bicyclic) bond motifs is 20. The molecular weight excluding hydrogens is 745 g/mol. The largest absolute Gasteiger partial charge is 0.0616 e. The SMILES string of the molecule is c1ccc2c(c1)ccc1c(-c3cc4c5ccccc5c5ccccc5c4c4ccccc34)c3ccccc3c(-c3cc4c5ccccc5c5ccccc5c4c4ccccc34)c12. The van der Waals surface area contributed by atoms with Crippen molar-refractivity contribution < 1.29 is 0 Å². The van der Waals surface area contributed by atoms with Crippen LogP contribution in [0.25, 0.3) is 141 Å². The zero-order chi connectivity index (χ0) is 40.5. The van der Waals surface area contributed by atoms with Gasteiger partial charge in [0.2, 0.25) is 0 Å². The van der Waals surface area contributed by atoms with Crippen molar-refractivity contribution in [2.24, 2.45) is 0 Å². The molecule has 0 aliphatic heterocycles. The fraction of sp³-hybridized carbons (Fsp3) is 0. The van der Waals surface area contributed by atoms with Crippen LogP contribution in [0, 0.1) is 0 Å². The van der Waals surface area contributed by atoms with E-state index in [2.05, 4.69) is 218 Å². The van der Waals surface area contributed by atoms with Crippen molar-refractivity contribution in [3.05, 3.63) is 218 Å². The molecule has 0 nitrogen and oxygen atoms in total. The van der Waals surface area contributed by atoms with E-state index < -0.39 is 0 Å². The summed E-state index contributed by atoms with van der Waals surface area (Å²) in [4.78, 5) is 0. The minimum atomic E-state index is 1.24.